The van der Waals surface area contributed by atoms with Crippen molar-refractivity contribution >= 4 is 35.3 Å². The number of aromatic nitrogens is 1. The second kappa shape index (κ2) is 8.58. The molecule has 6 rings (SSSR count). The number of fused-ring (bicyclic) bond motifs is 1. The number of alkyl halides is 3. The van der Waals surface area contributed by atoms with E-state index in [4.69, 9.17) is 16.6 Å². The molecule has 0 radical (unpaired) electrons. The molecule has 1 spiro atoms. The standard InChI is InChI=1S/C24H24ClF4N7/c25-16-1-5-19-15(7-16)8-35(17-2-3-17)9-21(31-19)33-30-14-34-10-23(11-34)12-36(13-23)22-18(26)4-6-20(32-22)24(27,28)29/h1,4-7,14,17H,2-3,8-13H2,(H,31,33)/b30-14+. The van der Waals surface area contributed by atoms with Gasteiger partial charge >= 0.3 is 6.18 Å². The highest BCUT2D eigenvalue weighted by Crippen LogP contribution is 2.42. The second-order valence-electron chi connectivity index (χ2n) is 10.1. The van der Waals surface area contributed by atoms with Gasteiger partial charge in [-0.2, -0.15) is 18.3 Å². The molecule has 1 N–H and O–H groups in total. The van der Waals surface area contributed by atoms with Gasteiger partial charge in [-0.3, -0.25) is 10.3 Å². The van der Waals surface area contributed by atoms with Crippen molar-refractivity contribution in [2.24, 2.45) is 15.5 Å². The van der Waals surface area contributed by atoms with Gasteiger partial charge in [0.05, 0.1) is 12.2 Å². The number of nitrogens with zero attached hydrogens (tertiary/aromatic N) is 6. The fourth-order valence-corrected chi connectivity index (χ4v) is 5.40. The number of hydrazone groups is 1. The minimum atomic E-state index is -4.60. The molecule has 1 aromatic carbocycles. The van der Waals surface area contributed by atoms with E-state index in [1.54, 1.807) is 11.2 Å². The summed E-state index contributed by atoms with van der Waals surface area (Å²) in [6.07, 6.45) is -0.526. The molecule has 1 aromatic heterocycles. The van der Waals surface area contributed by atoms with Crippen LogP contribution in [0.15, 0.2) is 40.4 Å². The first-order valence-corrected chi connectivity index (χ1v) is 12.2. The van der Waals surface area contributed by atoms with E-state index in [0.717, 1.165) is 29.7 Å². The van der Waals surface area contributed by atoms with Crippen molar-refractivity contribution in [3.05, 3.63) is 52.4 Å². The zero-order valence-electron chi connectivity index (χ0n) is 19.3. The van der Waals surface area contributed by atoms with Crippen molar-refractivity contribution in [1.82, 2.24) is 20.2 Å². The molecule has 3 fully saturated rings. The Balaban J connectivity index is 1.05. The van der Waals surface area contributed by atoms with Gasteiger partial charge in [-0.1, -0.05) is 11.6 Å². The zero-order chi connectivity index (χ0) is 25.1. The summed E-state index contributed by atoms with van der Waals surface area (Å²) in [5.41, 5.74) is 3.89. The van der Waals surface area contributed by atoms with E-state index in [9.17, 15) is 17.6 Å². The normalized spacial score (nSPS) is 21.6. The third-order valence-corrected chi connectivity index (χ3v) is 7.28. The second-order valence-corrected chi connectivity index (χ2v) is 10.5. The van der Waals surface area contributed by atoms with Crippen molar-refractivity contribution in [2.45, 2.75) is 31.6 Å². The van der Waals surface area contributed by atoms with E-state index < -0.39 is 17.7 Å². The first-order valence-electron chi connectivity index (χ1n) is 11.8. The largest absolute Gasteiger partial charge is 0.433 e. The molecule has 12 heteroatoms. The number of anilines is 1. The van der Waals surface area contributed by atoms with Crippen LogP contribution in [0.3, 0.4) is 0 Å². The predicted octanol–water partition coefficient (Wildman–Crippen LogP) is 4.26. The quantitative estimate of drug-likeness (QED) is 0.282. The lowest BCUT2D eigenvalue weighted by molar-refractivity contribution is -0.141. The van der Waals surface area contributed by atoms with Gasteiger partial charge < -0.3 is 9.80 Å². The Morgan fingerprint density at radius 1 is 1.08 bits per heavy atom. The molecule has 0 amide bonds. The lowest BCUT2D eigenvalue weighted by atomic mass is 9.73. The molecule has 36 heavy (non-hydrogen) atoms. The maximum atomic E-state index is 14.1. The number of nitrogens with one attached hydrogen (secondary N) is 1. The fourth-order valence-electron chi connectivity index (χ4n) is 5.20. The number of amidine groups is 1. The average Bonchev–Trinajstić information content (AvgIpc) is 3.60. The zero-order valence-corrected chi connectivity index (χ0v) is 20.0. The van der Waals surface area contributed by atoms with Crippen LogP contribution >= 0.6 is 11.6 Å². The third kappa shape index (κ3) is 4.61. The maximum absolute atomic E-state index is 14.1. The Bertz CT molecular complexity index is 1230. The van der Waals surface area contributed by atoms with Gasteiger partial charge in [0, 0.05) is 49.2 Å². The van der Waals surface area contributed by atoms with Crippen LogP contribution < -0.4 is 10.3 Å². The molecule has 4 heterocycles. The monoisotopic (exact) mass is 521 g/mol. The summed E-state index contributed by atoms with van der Waals surface area (Å²) in [6.45, 7) is 3.76. The smallest absolute Gasteiger partial charge is 0.360 e. The van der Waals surface area contributed by atoms with Gasteiger partial charge in [0.1, 0.15) is 17.9 Å². The number of aliphatic imine (C=N–C) groups is 1. The van der Waals surface area contributed by atoms with E-state index in [-0.39, 0.29) is 11.2 Å². The number of pyridine rings is 1. The van der Waals surface area contributed by atoms with Gasteiger partial charge in [-0.25, -0.2) is 14.4 Å². The minimum Gasteiger partial charge on any atom is -0.360 e. The molecule has 190 valence electrons. The molecule has 4 aliphatic rings. The topological polar surface area (TPSA) is 59.4 Å². The van der Waals surface area contributed by atoms with Crippen LogP contribution in [0.5, 0.6) is 0 Å². The maximum Gasteiger partial charge on any atom is 0.433 e. The molecule has 0 atom stereocenters. The van der Waals surface area contributed by atoms with E-state index >= 15 is 0 Å². The Hall–Kier alpha value is -2.92. The van der Waals surface area contributed by atoms with Crippen molar-refractivity contribution in [1.29, 1.82) is 0 Å². The summed E-state index contributed by atoms with van der Waals surface area (Å²) in [5, 5.41) is 5.07. The molecule has 1 saturated carbocycles. The lowest BCUT2D eigenvalue weighted by Gasteiger charge is -2.60. The third-order valence-electron chi connectivity index (χ3n) is 7.05. The molecule has 7 nitrogen and oxygen atoms in total. The van der Waals surface area contributed by atoms with E-state index in [0.29, 0.717) is 49.9 Å². The van der Waals surface area contributed by atoms with E-state index in [2.05, 4.69) is 20.4 Å². The van der Waals surface area contributed by atoms with Crippen LogP contribution in [0, 0.1) is 11.2 Å². The Morgan fingerprint density at radius 2 is 1.86 bits per heavy atom. The SMILES string of the molecule is Fc1ccc(C(F)(F)F)nc1N1CC2(CN(/C=N/NC3=Nc4ccc(Cl)cc4CN(C4CC4)C3)C2)C1. The van der Waals surface area contributed by atoms with Gasteiger partial charge in [0.25, 0.3) is 0 Å². The molecule has 2 saturated heterocycles. The number of hydrogen-bond acceptors (Lipinski definition) is 6. The van der Waals surface area contributed by atoms with Gasteiger partial charge in [0.2, 0.25) is 0 Å². The molecular weight excluding hydrogens is 498 g/mol. The number of rotatable bonds is 4. The number of likely N-dealkylation sites (tertiary alicyclic amines) is 1. The summed E-state index contributed by atoms with van der Waals surface area (Å²) >= 11 is 6.18. The molecule has 1 aliphatic carbocycles. The first-order chi connectivity index (χ1) is 17.2. The van der Waals surface area contributed by atoms with E-state index in [1.807, 2.05) is 23.1 Å². The van der Waals surface area contributed by atoms with Crippen LogP contribution in [0.4, 0.5) is 29.1 Å². The van der Waals surface area contributed by atoms with Crippen molar-refractivity contribution in [2.75, 3.05) is 37.6 Å². The van der Waals surface area contributed by atoms with Crippen molar-refractivity contribution in [3.8, 4) is 0 Å². The average molecular weight is 522 g/mol. The summed E-state index contributed by atoms with van der Waals surface area (Å²) in [5.74, 6) is -0.221. The Labute approximate surface area is 210 Å². The van der Waals surface area contributed by atoms with E-state index in [1.165, 1.54) is 12.8 Å². The van der Waals surface area contributed by atoms with Crippen LogP contribution in [0.2, 0.25) is 5.02 Å². The molecule has 0 bridgehead atoms. The molecule has 2 aromatic rings. The summed E-state index contributed by atoms with van der Waals surface area (Å²) in [7, 11) is 0. The van der Waals surface area contributed by atoms with Gasteiger partial charge in [0.15, 0.2) is 11.6 Å². The molecule has 0 unspecified atom stereocenters. The Kier molecular flexibility index (Phi) is 5.60. The lowest BCUT2D eigenvalue weighted by Crippen LogP contribution is -2.72. The fraction of sp³-hybridized carbons (Fsp3) is 0.458. The molecular formula is C24H24ClF4N7. The van der Waals surface area contributed by atoms with Crippen molar-refractivity contribution in [3.63, 3.8) is 0 Å². The van der Waals surface area contributed by atoms with Crippen molar-refractivity contribution < 1.29 is 17.6 Å². The summed E-state index contributed by atoms with van der Waals surface area (Å²) in [4.78, 5) is 14.2. The minimum absolute atomic E-state index is 0.0881. The predicted molar refractivity (Wildman–Crippen MR) is 129 cm³/mol. The first kappa shape index (κ1) is 23.5. The van der Waals surface area contributed by atoms with Crippen LogP contribution in [0.25, 0.3) is 0 Å². The van der Waals surface area contributed by atoms with Crippen LogP contribution in [0.1, 0.15) is 24.1 Å². The number of halogens is 5. The number of benzene rings is 1. The highest BCUT2D eigenvalue weighted by atomic mass is 35.5. The highest BCUT2D eigenvalue weighted by molar-refractivity contribution is 6.30. The summed E-state index contributed by atoms with van der Waals surface area (Å²) in [6, 6.07) is 7.76. The number of hydrogen-bond donors (Lipinski definition) is 1. The molecule has 3 aliphatic heterocycles. The highest BCUT2D eigenvalue weighted by Gasteiger charge is 2.52. The summed E-state index contributed by atoms with van der Waals surface area (Å²) < 4.78 is 53.0. The van der Waals surface area contributed by atoms with Crippen LogP contribution in [-0.2, 0) is 12.7 Å². The van der Waals surface area contributed by atoms with Gasteiger partial charge in [-0.15, -0.1) is 0 Å². The van der Waals surface area contributed by atoms with Crippen LogP contribution in [-0.4, -0.2) is 65.7 Å². The Morgan fingerprint density at radius 3 is 2.58 bits per heavy atom. The van der Waals surface area contributed by atoms with Gasteiger partial charge in [-0.05, 0) is 48.7 Å².